The number of rotatable bonds is 9. The largest absolute Gasteiger partial charge is 0.366 e. The van der Waals surface area contributed by atoms with Crippen LogP contribution in [0.3, 0.4) is 0 Å². The maximum Gasteiger partial charge on any atom is 0.248 e. The van der Waals surface area contributed by atoms with Crippen LogP contribution in [0.5, 0.6) is 0 Å². The summed E-state index contributed by atoms with van der Waals surface area (Å²) < 4.78 is 1.76. The highest BCUT2D eigenvalue weighted by atomic mass is 35.5. The predicted molar refractivity (Wildman–Crippen MR) is 146 cm³/mol. The van der Waals surface area contributed by atoms with E-state index in [4.69, 9.17) is 17.3 Å². The first-order valence-electron chi connectivity index (χ1n) is 11.9. The number of Topliss-reactive ketones (excluding diaryl/α,β-unsaturated/α-hetero) is 1. The first-order valence-corrected chi connectivity index (χ1v) is 12.3. The molecule has 2 heterocycles. The predicted octanol–water partition coefficient (Wildman–Crippen LogP) is 5.08. The van der Waals surface area contributed by atoms with Crippen LogP contribution in [0.1, 0.15) is 37.9 Å². The van der Waals surface area contributed by atoms with Gasteiger partial charge >= 0.3 is 0 Å². The van der Waals surface area contributed by atoms with Gasteiger partial charge in [-0.1, -0.05) is 60.1 Å². The number of ketones is 1. The quantitative estimate of drug-likeness (QED) is 0.240. The van der Waals surface area contributed by atoms with Crippen molar-refractivity contribution in [3.05, 3.63) is 113 Å². The van der Waals surface area contributed by atoms with E-state index in [1.807, 2.05) is 68.0 Å². The minimum absolute atomic E-state index is 0.0262. The number of hydrogen-bond acceptors (Lipinski definition) is 4. The molecular formula is C29H26ClN5O2. The number of carbonyl (C=O) groups excluding carboxylic acids is 2. The summed E-state index contributed by atoms with van der Waals surface area (Å²) in [4.78, 5) is 28.5. The molecule has 3 aromatic carbocycles. The van der Waals surface area contributed by atoms with Crippen molar-refractivity contribution in [1.82, 2.24) is 20.1 Å². The molecule has 1 amide bonds. The van der Waals surface area contributed by atoms with Crippen molar-refractivity contribution in [2.75, 3.05) is 6.54 Å². The number of carbonyl (C=O) groups is 2. The van der Waals surface area contributed by atoms with Gasteiger partial charge in [-0.05, 0) is 41.3 Å². The highest BCUT2D eigenvalue weighted by Crippen LogP contribution is 2.29. The molecule has 0 unspecified atom stereocenters. The number of primary amides is 1. The number of aromatic nitrogens is 3. The van der Waals surface area contributed by atoms with E-state index >= 15 is 0 Å². The first kappa shape index (κ1) is 24.5. The number of nitrogens with two attached hydrogens (primary N) is 1. The van der Waals surface area contributed by atoms with Gasteiger partial charge in [-0.25, -0.2) is 0 Å². The topological polar surface area (TPSA) is 106 Å². The lowest BCUT2D eigenvalue weighted by Gasteiger charge is -2.18. The third-order valence-corrected chi connectivity index (χ3v) is 6.81. The minimum atomic E-state index is -0.540. The monoisotopic (exact) mass is 511 g/mol. The third kappa shape index (κ3) is 5.18. The Balaban J connectivity index is 1.39. The number of H-pyrrole nitrogens is 1. The number of nitrogens with zero attached hydrogens (tertiary/aromatic N) is 2. The number of halogens is 1. The standard InChI is InChI=1S/C29H26ClN5O2/c1-35-17-22(15-34-35)20-9-10-23-24(16-33-26(23)14-20)28(36)27(19-5-3-2-4-6-19)32-12-11-18-7-8-21(29(31)37)13-25(18)30/h2-10,13-17,27,32-33H,11-12H2,1H3,(H2,31,37)/t27-/m1/s1. The Morgan fingerprint density at radius 2 is 1.89 bits per heavy atom. The SMILES string of the molecule is Cn1cc(-c2ccc3c(C(=O)[C@H](NCCc4ccc(C(N)=O)cc4Cl)c4ccccc4)c[nH]c3c2)cn1. The van der Waals surface area contributed by atoms with Crippen molar-refractivity contribution >= 4 is 34.2 Å². The second kappa shape index (κ2) is 10.4. The van der Waals surface area contributed by atoms with Gasteiger partial charge in [-0.15, -0.1) is 0 Å². The summed E-state index contributed by atoms with van der Waals surface area (Å²) in [7, 11) is 1.88. The average Bonchev–Trinajstić information content (AvgIpc) is 3.53. The van der Waals surface area contributed by atoms with Gasteiger partial charge in [0.15, 0.2) is 5.78 Å². The van der Waals surface area contributed by atoms with E-state index in [1.54, 1.807) is 29.1 Å². The molecule has 7 nitrogen and oxygen atoms in total. The van der Waals surface area contributed by atoms with Crippen LogP contribution in [-0.2, 0) is 13.5 Å². The molecule has 5 aromatic rings. The highest BCUT2D eigenvalue weighted by molar-refractivity contribution is 6.31. The molecular weight excluding hydrogens is 486 g/mol. The Morgan fingerprint density at radius 3 is 2.59 bits per heavy atom. The van der Waals surface area contributed by atoms with Gasteiger partial charge in [0.2, 0.25) is 5.91 Å². The molecule has 0 saturated heterocycles. The molecule has 0 fully saturated rings. The number of aryl methyl sites for hydroxylation is 1. The van der Waals surface area contributed by atoms with E-state index in [1.165, 1.54) is 0 Å². The summed E-state index contributed by atoms with van der Waals surface area (Å²) >= 11 is 6.36. The second-order valence-electron chi connectivity index (χ2n) is 8.95. The molecule has 0 bridgehead atoms. The Morgan fingerprint density at radius 1 is 1.08 bits per heavy atom. The lowest BCUT2D eigenvalue weighted by Crippen LogP contribution is -2.30. The maximum atomic E-state index is 13.8. The molecule has 2 aromatic heterocycles. The van der Waals surface area contributed by atoms with Gasteiger partial charge in [0, 0.05) is 58.6 Å². The zero-order chi connectivity index (χ0) is 25.9. The Hall–Kier alpha value is -4.20. The normalized spacial score (nSPS) is 12.1. The van der Waals surface area contributed by atoms with E-state index in [2.05, 4.69) is 15.4 Å². The molecule has 4 N–H and O–H groups in total. The van der Waals surface area contributed by atoms with Crippen LogP contribution in [0.4, 0.5) is 0 Å². The van der Waals surface area contributed by atoms with Crippen molar-refractivity contribution in [2.45, 2.75) is 12.5 Å². The zero-order valence-corrected chi connectivity index (χ0v) is 21.0. The molecule has 1 atom stereocenters. The Kier molecular flexibility index (Phi) is 6.90. The summed E-state index contributed by atoms with van der Waals surface area (Å²) in [6.45, 7) is 0.508. The minimum Gasteiger partial charge on any atom is -0.366 e. The van der Waals surface area contributed by atoms with Crippen LogP contribution in [0.2, 0.25) is 5.02 Å². The fraction of sp³-hybridized carbons (Fsp3) is 0.138. The molecule has 0 spiro atoms. The van der Waals surface area contributed by atoms with Crippen molar-refractivity contribution in [3.63, 3.8) is 0 Å². The molecule has 0 aliphatic heterocycles. The number of hydrogen-bond donors (Lipinski definition) is 3. The summed E-state index contributed by atoms with van der Waals surface area (Å²) in [5.41, 5.74) is 11.0. The molecule has 0 aliphatic rings. The van der Waals surface area contributed by atoms with Crippen LogP contribution in [0.25, 0.3) is 22.0 Å². The number of fused-ring (bicyclic) bond motifs is 1. The molecule has 186 valence electrons. The number of amides is 1. The van der Waals surface area contributed by atoms with Crippen molar-refractivity contribution in [1.29, 1.82) is 0 Å². The Labute approximate surface area is 219 Å². The van der Waals surface area contributed by atoms with Crippen molar-refractivity contribution in [2.24, 2.45) is 12.8 Å². The zero-order valence-electron chi connectivity index (χ0n) is 20.2. The van der Waals surface area contributed by atoms with Crippen LogP contribution in [0.15, 0.2) is 85.3 Å². The molecule has 0 radical (unpaired) electrons. The summed E-state index contributed by atoms with van der Waals surface area (Å²) in [5.74, 6) is -0.547. The van der Waals surface area contributed by atoms with Crippen LogP contribution in [0, 0.1) is 0 Å². The van der Waals surface area contributed by atoms with E-state index in [0.29, 0.717) is 29.1 Å². The fourth-order valence-corrected chi connectivity index (χ4v) is 4.77. The van der Waals surface area contributed by atoms with E-state index in [-0.39, 0.29) is 5.78 Å². The van der Waals surface area contributed by atoms with E-state index in [0.717, 1.165) is 33.2 Å². The summed E-state index contributed by atoms with van der Waals surface area (Å²) in [5, 5.41) is 9.00. The van der Waals surface area contributed by atoms with Crippen LogP contribution >= 0.6 is 11.6 Å². The lowest BCUT2D eigenvalue weighted by atomic mass is 9.96. The van der Waals surface area contributed by atoms with Gasteiger partial charge in [0.1, 0.15) is 0 Å². The third-order valence-electron chi connectivity index (χ3n) is 6.46. The van der Waals surface area contributed by atoms with Gasteiger partial charge in [-0.2, -0.15) is 5.10 Å². The van der Waals surface area contributed by atoms with Gasteiger partial charge in [-0.3, -0.25) is 14.3 Å². The number of aromatic amines is 1. The van der Waals surface area contributed by atoms with Gasteiger partial charge < -0.3 is 16.0 Å². The molecule has 37 heavy (non-hydrogen) atoms. The molecule has 5 rings (SSSR count). The van der Waals surface area contributed by atoms with Crippen molar-refractivity contribution < 1.29 is 9.59 Å². The van der Waals surface area contributed by atoms with E-state index in [9.17, 15) is 9.59 Å². The highest BCUT2D eigenvalue weighted by Gasteiger charge is 2.24. The maximum absolute atomic E-state index is 13.8. The molecule has 8 heteroatoms. The summed E-state index contributed by atoms with van der Waals surface area (Å²) in [6.07, 6.45) is 6.13. The lowest BCUT2D eigenvalue weighted by molar-refractivity contribution is 0.0943. The fourth-order valence-electron chi connectivity index (χ4n) is 4.50. The molecule has 0 saturated carbocycles. The number of nitrogens with one attached hydrogen (secondary N) is 2. The average molecular weight is 512 g/mol. The van der Waals surface area contributed by atoms with Gasteiger partial charge in [0.05, 0.1) is 12.2 Å². The summed E-state index contributed by atoms with van der Waals surface area (Å²) in [6, 6.07) is 20.2. The second-order valence-corrected chi connectivity index (χ2v) is 9.36. The van der Waals surface area contributed by atoms with Crippen LogP contribution < -0.4 is 11.1 Å². The molecule has 0 aliphatic carbocycles. The van der Waals surface area contributed by atoms with Crippen LogP contribution in [-0.4, -0.2) is 33.0 Å². The number of benzene rings is 3. The smallest absolute Gasteiger partial charge is 0.248 e. The van der Waals surface area contributed by atoms with E-state index < -0.39 is 11.9 Å². The first-order chi connectivity index (χ1) is 17.9. The van der Waals surface area contributed by atoms with Crippen molar-refractivity contribution in [3.8, 4) is 11.1 Å². The van der Waals surface area contributed by atoms with Gasteiger partial charge in [0.25, 0.3) is 0 Å². The Bertz CT molecular complexity index is 1590.